The van der Waals surface area contributed by atoms with Crippen LogP contribution >= 0.6 is 11.6 Å². The molecule has 8 heteroatoms. The van der Waals surface area contributed by atoms with Crippen molar-refractivity contribution in [1.29, 1.82) is 0 Å². The maximum atomic E-state index is 12.7. The highest BCUT2D eigenvalue weighted by atomic mass is 35.5. The zero-order chi connectivity index (χ0) is 19.0. The lowest BCUT2D eigenvalue weighted by Crippen LogP contribution is -2.26. The van der Waals surface area contributed by atoms with Crippen molar-refractivity contribution >= 4 is 23.2 Å². The summed E-state index contributed by atoms with van der Waals surface area (Å²) in [7, 11) is 0. The van der Waals surface area contributed by atoms with Gasteiger partial charge in [-0.1, -0.05) is 17.7 Å². The van der Waals surface area contributed by atoms with Crippen LogP contribution in [0.5, 0.6) is 5.88 Å². The first-order valence-corrected chi connectivity index (χ1v) is 9.00. The molecule has 27 heavy (non-hydrogen) atoms. The molecule has 0 bridgehead atoms. The summed E-state index contributed by atoms with van der Waals surface area (Å²) in [6.45, 7) is 0.588. The molecule has 1 aliphatic rings. The van der Waals surface area contributed by atoms with Gasteiger partial charge in [0.2, 0.25) is 5.88 Å². The van der Waals surface area contributed by atoms with Gasteiger partial charge in [0.15, 0.2) is 0 Å². The lowest BCUT2D eigenvalue weighted by Gasteiger charge is -2.12. The standard InChI is InChI=1S/C19H17ClN4O3/c20-13-11-12(22-17(25)14-5-1-3-9-21-14)7-8-15(13)24-18(26)16-6-2-4-10-23(16)19(24)27/h1,3,5,7-9,11,26H,2,4,6,10H2,(H,22,25). The first kappa shape index (κ1) is 17.4. The molecular formula is C19H17ClN4O3. The second kappa shape index (κ2) is 6.92. The molecule has 0 atom stereocenters. The van der Waals surface area contributed by atoms with Crippen LogP contribution in [0.2, 0.25) is 5.02 Å². The van der Waals surface area contributed by atoms with Crippen molar-refractivity contribution in [3.8, 4) is 11.6 Å². The van der Waals surface area contributed by atoms with E-state index in [1.165, 1.54) is 10.8 Å². The van der Waals surface area contributed by atoms with Crippen molar-refractivity contribution in [2.45, 2.75) is 25.8 Å². The van der Waals surface area contributed by atoms with Crippen molar-refractivity contribution in [2.24, 2.45) is 0 Å². The van der Waals surface area contributed by atoms with Crippen molar-refractivity contribution in [1.82, 2.24) is 14.1 Å². The van der Waals surface area contributed by atoms with E-state index in [-0.39, 0.29) is 28.2 Å². The molecule has 4 rings (SSSR count). The topological polar surface area (TPSA) is 89.2 Å². The number of hydrogen-bond donors (Lipinski definition) is 2. The van der Waals surface area contributed by atoms with Crippen LogP contribution in [0.25, 0.3) is 5.69 Å². The van der Waals surface area contributed by atoms with E-state index in [4.69, 9.17) is 11.6 Å². The van der Waals surface area contributed by atoms with Crippen LogP contribution in [0.1, 0.15) is 29.0 Å². The third-order valence-electron chi connectivity index (χ3n) is 4.61. The molecule has 0 saturated carbocycles. The van der Waals surface area contributed by atoms with Crippen LogP contribution in [-0.2, 0) is 13.0 Å². The van der Waals surface area contributed by atoms with Gasteiger partial charge < -0.3 is 10.4 Å². The number of aromatic nitrogens is 3. The van der Waals surface area contributed by atoms with Crippen LogP contribution in [-0.4, -0.2) is 25.1 Å². The normalized spacial score (nSPS) is 13.2. The number of aromatic hydroxyl groups is 1. The van der Waals surface area contributed by atoms with Gasteiger partial charge >= 0.3 is 5.69 Å². The summed E-state index contributed by atoms with van der Waals surface area (Å²) in [5.41, 5.74) is 1.45. The maximum Gasteiger partial charge on any atom is 0.335 e. The lowest BCUT2D eigenvalue weighted by atomic mass is 10.1. The van der Waals surface area contributed by atoms with Crippen LogP contribution < -0.4 is 11.0 Å². The molecule has 2 N–H and O–H groups in total. The minimum absolute atomic E-state index is 0.0770. The average Bonchev–Trinajstić information content (AvgIpc) is 2.94. The van der Waals surface area contributed by atoms with Gasteiger partial charge in [0.1, 0.15) is 5.69 Å². The Balaban J connectivity index is 1.66. The Kier molecular flexibility index (Phi) is 4.45. The van der Waals surface area contributed by atoms with Crippen molar-refractivity contribution < 1.29 is 9.90 Å². The number of anilines is 1. The Morgan fingerprint density at radius 2 is 2.07 bits per heavy atom. The first-order chi connectivity index (χ1) is 13.1. The van der Waals surface area contributed by atoms with Gasteiger partial charge in [-0.3, -0.25) is 14.3 Å². The summed E-state index contributed by atoms with van der Waals surface area (Å²) in [4.78, 5) is 28.9. The highest BCUT2D eigenvalue weighted by Crippen LogP contribution is 2.30. The van der Waals surface area contributed by atoms with Gasteiger partial charge in [-0.2, -0.15) is 0 Å². The molecular weight excluding hydrogens is 368 g/mol. The fourth-order valence-electron chi connectivity index (χ4n) is 3.29. The number of amides is 1. The van der Waals surface area contributed by atoms with E-state index in [9.17, 15) is 14.7 Å². The number of fused-ring (bicyclic) bond motifs is 1. The number of carbonyl (C=O) groups excluding carboxylic acids is 1. The van der Waals surface area contributed by atoms with Crippen molar-refractivity contribution in [3.63, 3.8) is 0 Å². The number of benzene rings is 1. The summed E-state index contributed by atoms with van der Waals surface area (Å²) in [6.07, 6.45) is 4.03. The molecule has 0 radical (unpaired) electrons. The molecule has 3 heterocycles. The number of rotatable bonds is 3. The minimum atomic E-state index is -0.362. The van der Waals surface area contributed by atoms with Crippen molar-refractivity contribution in [3.05, 3.63) is 69.5 Å². The van der Waals surface area contributed by atoms with Gasteiger partial charge in [-0.05, 0) is 49.6 Å². The fraction of sp³-hybridized carbons (Fsp3) is 0.211. The van der Waals surface area contributed by atoms with E-state index >= 15 is 0 Å². The summed E-state index contributed by atoms with van der Waals surface area (Å²) >= 11 is 6.35. The zero-order valence-electron chi connectivity index (χ0n) is 14.4. The van der Waals surface area contributed by atoms with E-state index in [0.717, 1.165) is 12.8 Å². The number of nitrogens with one attached hydrogen (secondary N) is 1. The predicted octanol–water partition coefficient (Wildman–Crippen LogP) is 2.98. The average molecular weight is 385 g/mol. The zero-order valence-corrected chi connectivity index (χ0v) is 15.1. The molecule has 2 aromatic heterocycles. The molecule has 3 aromatic rings. The quantitative estimate of drug-likeness (QED) is 0.726. The smallest absolute Gasteiger partial charge is 0.335 e. The molecule has 0 saturated heterocycles. The Morgan fingerprint density at radius 1 is 1.22 bits per heavy atom. The van der Waals surface area contributed by atoms with Gasteiger partial charge in [-0.15, -0.1) is 0 Å². The Labute approximate surface area is 159 Å². The number of hydrogen-bond acceptors (Lipinski definition) is 4. The molecule has 1 aromatic carbocycles. The molecule has 7 nitrogen and oxygen atoms in total. The number of halogens is 1. The molecule has 0 aliphatic carbocycles. The van der Waals surface area contributed by atoms with Gasteiger partial charge in [0.25, 0.3) is 5.91 Å². The maximum absolute atomic E-state index is 12.7. The number of nitrogens with zero attached hydrogens (tertiary/aromatic N) is 3. The van der Waals surface area contributed by atoms with Gasteiger partial charge in [0.05, 0.1) is 16.4 Å². The lowest BCUT2D eigenvalue weighted by molar-refractivity contribution is 0.102. The summed E-state index contributed by atoms with van der Waals surface area (Å²) < 4.78 is 2.80. The fourth-order valence-corrected chi connectivity index (χ4v) is 3.56. The van der Waals surface area contributed by atoms with Crippen LogP contribution in [0.15, 0.2) is 47.4 Å². The van der Waals surface area contributed by atoms with Gasteiger partial charge in [0, 0.05) is 18.4 Å². The predicted molar refractivity (Wildman–Crippen MR) is 102 cm³/mol. The van der Waals surface area contributed by atoms with Crippen LogP contribution in [0.4, 0.5) is 5.69 Å². The van der Waals surface area contributed by atoms with E-state index in [1.54, 1.807) is 41.0 Å². The SMILES string of the molecule is O=C(Nc1ccc(-n2c(O)c3n(c2=O)CCCC3)c(Cl)c1)c1ccccn1. The van der Waals surface area contributed by atoms with Gasteiger partial charge in [-0.25, -0.2) is 9.36 Å². The summed E-state index contributed by atoms with van der Waals surface area (Å²) in [5.74, 6) is -0.439. The molecule has 1 amide bonds. The highest BCUT2D eigenvalue weighted by Gasteiger charge is 2.23. The number of imidazole rings is 1. The number of carbonyl (C=O) groups is 1. The molecule has 138 valence electrons. The first-order valence-electron chi connectivity index (χ1n) is 8.62. The molecule has 0 spiro atoms. The molecule has 0 fully saturated rings. The molecule has 0 unspecified atom stereocenters. The molecule has 1 aliphatic heterocycles. The third kappa shape index (κ3) is 3.10. The van der Waals surface area contributed by atoms with Crippen LogP contribution in [0.3, 0.4) is 0 Å². The highest BCUT2D eigenvalue weighted by molar-refractivity contribution is 6.32. The Hall–Kier alpha value is -3.06. The second-order valence-corrected chi connectivity index (χ2v) is 6.74. The van der Waals surface area contributed by atoms with E-state index < -0.39 is 0 Å². The summed E-state index contributed by atoms with van der Waals surface area (Å²) in [6, 6.07) is 9.83. The van der Waals surface area contributed by atoms with E-state index in [0.29, 0.717) is 30.0 Å². The number of pyridine rings is 1. The van der Waals surface area contributed by atoms with Crippen molar-refractivity contribution in [2.75, 3.05) is 5.32 Å². The Morgan fingerprint density at radius 3 is 2.78 bits per heavy atom. The van der Waals surface area contributed by atoms with E-state index in [1.807, 2.05) is 0 Å². The minimum Gasteiger partial charge on any atom is -0.493 e. The monoisotopic (exact) mass is 384 g/mol. The Bertz CT molecular complexity index is 1070. The second-order valence-electron chi connectivity index (χ2n) is 6.33. The largest absolute Gasteiger partial charge is 0.493 e. The third-order valence-corrected chi connectivity index (χ3v) is 4.91. The van der Waals surface area contributed by atoms with Crippen LogP contribution in [0, 0.1) is 0 Å². The summed E-state index contributed by atoms with van der Waals surface area (Å²) in [5, 5.41) is 13.5. The van der Waals surface area contributed by atoms with E-state index in [2.05, 4.69) is 10.3 Å².